The minimum absolute atomic E-state index is 0.430. The molecule has 26 heavy (non-hydrogen) atoms. The average Bonchev–Trinajstić information content (AvgIpc) is 3.21. The molecular weight excluding hydrogens is 316 g/mol. The SMILES string of the molecule is CCCCCCCCCCCC(Cc1ccccc1)C(C)[C+]1N=CC=N1. The Hall–Kier alpha value is -1.57. The zero-order valence-corrected chi connectivity index (χ0v) is 16.9. The quantitative estimate of drug-likeness (QED) is 0.253. The first-order chi connectivity index (χ1) is 12.8. The number of hydrogen-bond acceptors (Lipinski definition) is 2. The van der Waals surface area contributed by atoms with Crippen molar-refractivity contribution in [2.45, 2.75) is 84.5 Å². The Morgan fingerprint density at radius 3 is 2.00 bits per heavy atom. The molecule has 0 spiro atoms. The third-order valence-corrected chi connectivity index (χ3v) is 5.61. The fourth-order valence-corrected chi connectivity index (χ4v) is 3.86. The van der Waals surface area contributed by atoms with Crippen LogP contribution in [0.2, 0.25) is 0 Å². The van der Waals surface area contributed by atoms with Crippen molar-refractivity contribution in [2.75, 3.05) is 0 Å². The molecule has 2 heteroatoms. The van der Waals surface area contributed by atoms with Crippen LogP contribution in [0.15, 0.2) is 40.3 Å². The Morgan fingerprint density at radius 2 is 1.38 bits per heavy atom. The van der Waals surface area contributed by atoms with E-state index in [4.69, 9.17) is 0 Å². The van der Waals surface area contributed by atoms with Crippen LogP contribution in [0.4, 0.5) is 0 Å². The predicted molar refractivity (Wildman–Crippen MR) is 115 cm³/mol. The number of unbranched alkanes of at least 4 members (excludes halogenated alkanes) is 8. The standard InChI is InChI=1S/C24H37N2/c1-3-4-5-6-7-8-9-10-14-17-23(20-22-15-12-11-13-16-22)21(2)24-25-18-19-26-24/h11-13,15-16,18-19,21,23H,3-10,14,17,20H2,1-2H3/q+1. The van der Waals surface area contributed by atoms with Crippen LogP contribution < -0.4 is 0 Å². The van der Waals surface area contributed by atoms with Gasteiger partial charge in [0.2, 0.25) is 6.17 Å². The molecule has 1 heterocycles. The largest absolute Gasteiger partial charge is 0.243 e. The summed E-state index contributed by atoms with van der Waals surface area (Å²) in [5.41, 5.74) is 1.44. The first-order valence-electron chi connectivity index (χ1n) is 10.8. The second kappa shape index (κ2) is 12.7. The van der Waals surface area contributed by atoms with E-state index in [-0.39, 0.29) is 0 Å². The molecule has 2 nitrogen and oxygen atoms in total. The van der Waals surface area contributed by atoms with Crippen LogP contribution in [0.5, 0.6) is 0 Å². The number of benzene rings is 1. The number of aliphatic imine (C=N–C) groups is 2. The van der Waals surface area contributed by atoms with Crippen molar-refractivity contribution in [3.63, 3.8) is 0 Å². The van der Waals surface area contributed by atoms with Gasteiger partial charge in [-0.2, -0.15) is 0 Å². The lowest BCUT2D eigenvalue weighted by Crippen LogP contribution is -2.19. The van der Waals surface area contributed by atoms with Gasteiger partial charge in [-0.25, -0.2) is 0 Å². The van der Waals surface area contributed by atoms with Gasteiger partial charge in [0, 0.05) is 0 Å². The number of hydrogen-bond donors (Lipinski definition) is 0. The first kappa shape index (κ1) is 20.7. The van der Waals surface area contributed by atoms with Crippen molar-refractivity contribution >= 4 is 12.4 Å². The van der Waals surface area contributed by atoms with Crippen LogP contribution in [0, 0.1) is 18.0 Å². The smallest absolute Gasteiger partial charge is 0.0965 e. The highest BCUT2D eigenvalue weighted by Crippen LogP contribution is 2.32. The summed E-state index contributed by atoms with van der Waals surface area (Å²) in [6, 6.07) is 10.9. The van der Waals surface area contributed by atoms with E-state index in [0.29, 0.717) is 11.8 Å². The van der Waals surface area contributed by atoms with Gasteiger partial charge in [0.1, 0.15) is 0 Å². The molecule has 1 aromatic rings. The molecule has 0 saturated heterocycles. The van der Waals surface area contributed by atoms with E-state index >= 15 is 0 Å². The Balaban J connectivity index is 1.71. The van der Waals surface area contributed by atoms with Gasteiger partial charge in [-0.05, 0) is 31.2 Å². The van der Waals surface area contributed by atoms with E-state index in [1.54, 1.807) is 0 Å². The highest BCUT2D eigenvalue weighted by atomic mass is 15.0. The molecule has 0 radical (unpaired) electrons. The second-order valence-electron chi connectivity index (χ2n) is 7.77. The number of nitrogens with zero attached hydrogens (tertiary/aromatic N) is 2. The summed E-state index contributed by atoms with van der Waals surface area (Å²) in [7, 11) is 0. The van der Waals surface area contributed by atoms with Crippen LogP contribution in [0.1, 0.15) is 83.6 Å². The molecule has 2 atom stereocenters. The topological polar surface area (TPSA) is 24.7 Å². The molecule has 0 aromatic heterocycles. The summed E-state index contributed by atoms with van der Waals surface area (Å²) < 4.78 is 0. The van der Waals surface area contributed by atoms with Gasteiger partial charge in [0.15, 0.2) is 12.4 Å². The molecule has 0 N–H and O–H groups in total. The van der Waals surface area contributed by atoms with Crippen LogP contribution in [-0.4, -0.2) is 12.4 Å². The molecule has 0 fully saturated rings. The first-order valence-corrected chi connectivity index (χ1v) is 10.8. The molecule has 2 rings (SSSR count). The van der Waals surface area contributed by atoms with Crippen molar-refractivity contribution in [3.05, 3.63) is 42.1 Å². The van der Waals surface area contributed by atoms with Gasteiger partial charge >= 0.3 is 0 Å². The summed E-state index contributed by atoms with van der Waals surface area (Å²) >= 11 is 0. The Morgan fingerprint density at radius 1 is 0.808 bits per heavy atom. The molecule has 1 aliphatic rings. The van der Waals surface area contributed by atoms with E-state index in [9.17, 15) is 0 Å². The maximum absolute atomic E-state index is 4.46. The lowest BCUT2D eigenvalue weighted by atomic mass is 9.82. The fourth-order valence-electron chi connectivity index (χ4n) is 3.86. The number of rotatable bonds is 14. The average molecular weight is 354 g/mol. The minimum Gasteiger partial charge on any atom is -0.0965 e. The Kier molecular flexibility index (Phi) is 10.2. The van der Waals surface area contributed by atoms with Gasteiger partial charge in [-0.15, -0.1) is 0 Å². The van der Waals surface area contributed by atoms with Crippen LogP contribution in [-0.2, 0) is 6.42 Å². The zero-order valence-electron chi connectivity index (χ0n) is 16.9. The normalized spacial score (nSPS) is 15.5. The van der Waals surface area contributed by atoms with Gasteiger partial charge in [-0.1, -0.05) is 105 Å². The van der Waals surface area contributed by atoms with Crippen LogP contribution in [0.25, 0.3) is 0 Å². The highest BCUT2D eigenvalue weighted by molar-refractivity contribution is 6.18. The fraction of sp³-hybridized carbons (Fsp3) is 0.625. The van der Waals surface area contributed by atoms with E-state index in [2.05, 4.69) is 54.2 Å². The minimum atomic E-state index is 0.430. The lowest BCUT2D eigenvalue weighted by Gasteiger charge is -2.22. The van der Waals surface area contributed by atoms with Gasteiger partial charge in [-0.3, -0.25) is 0 Å². The van der Waals surface area contributed by atoms with E-state index < -0.39 is 0 Å². The van der Waals surface area contributed by atoms with Gasteiger partial charge < -0.3 is 0 Å². The van der Waals surface area contributed by atoms with E-state index in [1.807, 2.05) is 12.4 Å². The van der Waals surface area contributed by atoms with Crippen LogP contribution in [0.3, 0.4) is 0 Å². The third kappa shape index (κ3) is 7.76. The Bertz CT molecular complexity index is 508. The van der Waals surface area contributed by atoms with E-state index in [1.165, 1.54) is 69.8 Å². The molecule has 2 unspecified atom stereocenters. The molecule has 142 valence electrons. The molecule has 1 aliphatic heterocycles. The Labute approximate surface area is 161 Å². The summed E-state index contributed by atoms with van der Waals surface area (Å²) in [5, 5.41) is 0. The molecular formula is C24H37N2+. The zero-order chi connectivity index (χ0) is 18.5. The van der Waals surface area contributed by atoms with E-state index in [0.717, 1.165) is 12.6 Å². The van der Waals surface area contributed by atoms with Crippen molar-refractivity contribution < 1.29 is 0 Å². The van der Waals surface area contributed by atoms with Crippen molar-refractivity contribution in [1.82, 2.24) is 0 Å². The third-order valence-electron chi connectivity index (χ3n) is 5.61. The molecule has 0 amide bonds. The molecule has 0 saturated carbocycles. The van der Waals surface area contributed by atoms with Gasteiger partial charge in [0.25, 0.3) is 0 Å². The maximum Gasteiger partial charge on any atom is 0.243 e. The highest BCUT2D eigenvalue weighted by Gasteiger charge is 2.31. The van der Waals surface area contributed by atoms with Crippen molar-refractivity contribution in [2.24, 2.45) is 21.8 Å². The summed E-state index contributed by atoms with van der Waals surface area (Å²) in [6.07, 6.45) is 19.6. The van der Waals surface area contributed by atoms with Crippen molar-refractivity contribution in [3.8, 4) is 0 Å². The summed E-state index contributed by atoms with van der Waals surface area (Å²) in [6.45, 7) is 4.59. The molecule has 0 aliphatic carbocycles. The molecule has 0 bridgehead atoms. The van der Waals surface area contributed by atoms with Crippen LogP contribution >= 0.6 is 0 Å². The van der Waals surface area contributed by atoms with Crippen molar-refractivity contribution in [1.29, 1.82) is 0 Å². The lowest BCUT2D eigenvalue weighted by molar-refractivity contribution is 0.328. The monoisotopic (exact) mass is 353 g/mol. The predicted octanol–water partition coefficient (Wildman–Crippen LogP) is 7.05. The van der Waals surface area contributed by atoms with Gasteiger partial charge in [0.05, 0.1) is 5.92 Å². The second-order valence-corrected chi connectivity index (χ2v) is 7.77. The molecule has 1 aromatic carbocycles. The summed E-state index contributed by atoms with van der Waals surface area (Å²) in [4.78, 5) is 8.92. The maximum atomic E-state index is 4.46. The summed E-state index contributed by atoms with van der Waals surface area (Å²) in [5.74, 6) is 1.06.